The third-order valence-corrected chi connectivity index (χ3v) is 2.36. The number of nitrogens with zero attached hydrogens (tertiary/aromatic N) is 2. The van der Waals surface area contributed by atoms with Gasteiger partial charge >= 0.3 is 0 Å². The maximum atomic E-state index is 13.6. The molecule has 3 nitrogen and oxygen atoms in total. The van der Waals surface area contributed by atoms with Crippen LogP contribution in [0, 0.1) is 5.82 Å². The predicted molar refractivity (Wildman–Crippen MR) is 60.0 cm³/mol. The van der Waals surface area contributed by atoms with Gasteiger partial charge in [-0.25, -0.2) is 4.39 Å². The van der Waals surface area contributed by atoms with E-state index in [1.165, 1.54) is 18.5 Å². The maximum absolute atomic E-state index is 13.6. The Morgan fingerprint density at radius 3 is 2.75 bits per heavy atom. The van der Waals surface area contributed by atoms with Crippen molar-refractivity contribution in [2.75, 3.05) is 0 Å². The minimum Gasteiger partial charge on any atom is -0.324 e. The third kappa shape index (κ3) is 2.06. The zero-order valence-electron chi connectivity index (χ0n) is 8.89. The lowest BCUT2D eigenvalue weighted by Gasteiger charge is -2.08. The molecule has 0 radical (unpaired) electrons. The highest BCUT2D eigenvalue weighted by atomic mass is 19.1. The second kappa shape index (κ2) is 4.37. The highest BCUT2D eigenvalue weighted by Gasteiger charge is 2.09. The first-order valence-electron chi connectivity index (χ1n) is 5.00. The number of aromatic nitrogens is 2. The summed E-state index contributed by atoms with van der Waals surface area (Å²) in [4.78, 5) is 7.98. The molecular formula is C12H12FN3. The fourth-order valence-corrected chi connectivity index (χ4v) is 1.46. The molecule has 1 unspecified atom stereocenters. The summed E-state index contributed by atoms with van der Waals surface area (Å²) in [5, 5.41) is 0. The molecule has 0 spiro atoms. The number of halogens is 1. The Morgan fingerprint density at radius 1 is 1.31 bits per heavy atom. The molecule has 1 aromatic carbocycles. The molecule has 0 aliphatic heterocycles. The van der Waals surface area contributed by atoms with Crippen LogP contribution in [0.1, 0.15) is 18.5 Å². The maximum Gasteiger partial charge on any atom is 0.132 e. The molecule has 0 aliphatic rings. The van der Waals surface area contributed by atoms with Crippen molar-refractivity contribution in [1.82, 2.24) is 9.97 Å². The molecular weight excluding hydrogens is 205 g/mol. The Labute approximate surface area is 93.2 Å². The molecule has 0 amide bonds. The van der Waals surface area contributed by atoms with E-state index in [9.17, 15) is 4.39 Å². The van der Waals surface area contributed by atoms with Crippen molar-refractivity contribution in [2.24, 2.45) is 5.73 Å². The van der Waals surface area contributed by atoms with E-state index < -0.39 is 0 Å². The summed E-state index contributed by atoms with van der Waals surface area (Å²) in [5.41, 5.74) is 7.58. The SMILES string of the molecule is CC(N)c1ccc(F)c(-c2cnccn2)c1. The van der Waals surface area contributed by atoms with Crippen LogP contribution >= 0.6 is 0 Å². The summed E-state index contributed by atoms with van der Waals surface area (Å²) in [7, 11) is 0. The predicted octanol–water partition coefficient (Wildman–Crippen LogP) is 2.30. The van der Waals surface area contributed by atoms with Gasteiger partial charge in [0.2, 0.25) is 0 Å². The van der Waals surface area contributed by atoms with Crippen LogP contribution in [0.15, 0.2) is 36.8 Å². The molecule has 2 rings (SSSR count). The molecule has 16 heavy (non-hydrogen) atoms. The Kier molecular flexibility index (Phi) is 2.92. The normalized spacial score (nSPS) is 12.4. The van der Waals surface area contributed by atoms with Crippen LogP contribution < -0.4 is 5.73 Å². The summed E-state index contributed by atoms with van der Waals surface area (Å²) < 4.78 is 13.6. The Hall–Kier alpha value is -1.81. The average Bonchev–Trinajstić information content (AvgIpc) is 2.30. The minimum atomic E-state index is -0.315. The largest absolute Gasteiger partial charge is 0.324 e. The lowest BCUT2D eigenvalue weighted by molar-refractivity contribution is 0.628. The van der Waals surface area contributed by atoms with Gasteiger partial charge in [-0.05, 0) is 24.6 Å². The summed E-state index contributed by atoms with van der Waals surface area (Å²) in [6.45, 7) is 1.85. The Balaban J connectivity index is 2.52. The van der Waals surface area contributed by atoms with Crippen LogP contribution in [0.3, 0.4) is 0 Å². The average molecular weight is 217 g/mol. The van der Waals surface area contributed by atoms with Crippen molar-refractivity contribution < 1.29 is 4.39 Å². The van der Waals surface area contributed by atoms with Gasteiger partial charge in [-0.1, -0.05) is 6.07 Å². The highest BCUT2D eigenvalue weighted by Crippen LogP contribution is 2.23. The molecule has 2 N–H and O–H groups in total. The van der Waals surface area contributed by atoms with Gasteiger partial charge < -0.3 is 5.73 Å². The summed E-state index contributed by atoms with van der Waals surface area (Å²) >= 11 is 0. The quantitative estimate of drug-likeness (QED) is 0.839. The van der Waals surface area contributed by atoms with Crippen LogP contribution in [-0.2, 0) is 0 Å². The third-order valence-electron chi connectivity index (χ3n) is 2.36. The zero-order valence-corrected chi connectivity index (χ0v) is 8.89. The van der Waals surface area contributed by atoms with Gasteiger partial charge in [-0.3, -0.25) is 9.97 Å². The fraction of sp³-hybridized carbons (Fsp3) is 0.167. The molecule has 0 saturated carbocycles. The molecule has 0 bridgehead atoms. The zero-order chi connectivity index (χ0) is 11.5. The lowest BCUT2D eigenvalue weighted by Crippen LogP contribution is -2.05. The molecule has 0 aliphatic carbocycles. The van der Waals surface area contributed by atoms with E-state index in [1.54, 1.807) is 18.3 Å². The molecule has 0 fully saturated rings. The van der Waals surface area contributed by atoms with E-state index in [2.05, 4.69) is 9.97 Å². The monoisotopic (exact) mass is 217 g/mol. The van der Waals surface area contributed by atoms with Crippen LogP contribution in [0.4, 0.5) is 4.39 Å². The lowest BCUT2D eigenvalue weighted by atomic mass is 10.0. The first kappa shape index (κ1) is 10.7. The second-order valence-corrected chi connectivity index (χ2v) is 3.62. The van der Waals surface area contributed by atoms with Gasteiger partial charge in [-0.15, -0.1) is 0 Å². The first-order chi connectivity index (χ1) is 7.68. The summed E-state index contributed by atoms with van der Waals surface area (Å²) in [5.74, 6) is -0.315. The van der Waals surface area contributed by atoms with E-state index >= 15 is 0 Å². The molecule has 0 saturated heterocycles. The van der Waals surface area contributed by atoms with Crippen molar-refractivity contribution in [3.63, 3.8) is 0 Å². The number of hydrogen-bond donors (Lipinski definition) is 1. The summed E-state index contributed by atoms with van der Waals surface area (Å²) in [6, 6.07) is 4.67. The van der Waals surface area contributed by atoms with E-state index in [0.717, 1.165) is 5.56 Å². The molecule has 1 heterocycles. The molecule has 82 valence electrons. The smallest absolute Gasteiger partial charge is 0.132 e. The van der Waals surface area contributed by atoms with Crippen LogP contribution in [0.5, 0.6) is 0 Å². The number of nitrogens with two attached hydrogens (primary N) is 1. The van der Waals surface area contributed by atoms with Crippen LogP contribution in [0.25, 0.3) is 11.3 Å². The van der Waals surface area contributed by atoms with E-state index in [0.29, 0.717) is 11.3 Å². The van der Waals surface area contributed by atoms with Crippen LogP contribution in [0.2, 0.25) is 0 Å². The van der Waals surface area contributed by atoms with E-state index in [4.69, 9.17) is 5.73 Å². The molecule has 4 heteroatoms. The fourth-order valence-electron chi connectivity index (χ4n) is 1.46. The highest BCUT2D eigenvalue weighted by molar-refractivity contribution is 5.60. The van der Waals surface area contributed by atoms with Crippen molar-refractivity contribution >= 4 is 0 Å². The standard InChI is InChI=1S/C12H12FN3/c1-8(14)9-2-3-11(13)10(6-9)12-7-15-4-5-16-12/h2-8H,14H2,1H3. The second-order valence-electron chi connectivity index (χ2n) is 3.62. The van der Waals surface area contributed by atoms with Crippen molar-refractivity contribution in [3.05, 3.63) is 48.2 Å². The first-order valence-corrected chi connectivity index (χ1v) is 5.00. The van der Waals surface area contributed by atoms with E-state index in [-0.39, 0.29) is 11.9 Å². The topological polar surface area (TPSA) is 51.8 Å². The number of rotatable bonds is 2. The van der Waals surface area contributed by atoms with Crippen LogP contribution in [-0.4, -0.2) is 9.97 Å². The van der Waals surface area contributed by atoms with Crippen molar-refractivity contribution in [2.45, 2.75) is 13.0 Å². The van der Waals surface area contributed by atoms with Gasteiger partial charge in [0.25, 0.3) is 0 Å². The van der Waals surface area contributed by atoms with E-state index in [1.807, 2.05) is 6.92 Å². The van der Waals surface area contributed by atoms with Crippen molar-refractivity contribution in [1.29, 1.82) is 0 Å². The van der Waals surface area contributed by atoms with Gasteiger partial charge in [-0.2, -0.15) is 0 Å². The van der Waals surface area contributed by atoms with Gasteiger partial charge in [0, 0.05) is 24.0 Å². The molecule has 2 aromatic rings. The number of hydrogen-bond acceptors (Lipinski definition) is 3. The van der Waals surface area contributed by atoms with Gasteiger partial charge in [0.15, 0.2) is 0 Å². The Morgan fingerprint density at radius 2 is 2.12 bits per heavy atom. The molecule has 1 aromatic heterocycles. The van der Waals surface area contributed by atoms with Gasteiger partial charge in [0.1, 0.15) is 5.82 Å². The van der Waals surface area contributed by atoms with Crippen molar-refractivity contribution in [3.8, 4) is 11.3 Å². The summed E-state index contributed by atoms with van der Waals surface area (Å²) in [6.07, 6.45) is 4.62. The molecule has 1 atom stereocenters. The minimum absolute atomic E-state index is 0.129. The number of benzene rings is 1. The Bertz CT molecular complexity index is 483. The van der Waals surface area contributed by atoms with Gasteiger partial charge in [0.05, 0.1) is 11.9 Å².